The van der Waals surface area contributed by atoms with E-state index in [-0.39, 0.29) is 0 Å². The van der Waals surface area contributed by atoms with Crippen molar-refractivity contribution >= 4 is 27.5 Å². The summed E-state index contributed by atoms with van der Waals surface area (Å²) < 4.78 is 0. The van der Waals surface area contributed by atoms with Crippen molar-refractivity contribution in [1.82, 2.24) is 0 Å². The molecule has 0 fully saturated rings. The van der Waals surface area contributed by atoms with Gasteiger partial charge in [0.2, 0.25) is 0 Å². The zero-order chi connectivity index (χ0) is 18.8. The fraction of sp³-hybridized carbons (Fsp3) is 0.160. The van der Waals surface area contributed by atoms with Crippen LogP contribution in [-0.2, 0) is 6.42 Å². The van der Waals surface area contributed by atoms with Gasteiger partial charge in [-0.1, -0.05) is 86.1 Å². The molecule has 4 aromatic carbocycles. The summed E-state index contributed by atoms with van der Waals surface area (Å²) in [4.78, 5) is 12.4. The van der Waals surface area contributed by atoms with Crippen molar-refractivity contribution in [1.29, 1.82) is 0 Å². The van der Waals surface area contributed by atoms with Crippen molar-refractivity contribution in [2.75, 3.05) is 0 Å². The van der Waals surface area contributed by atoms with E-state index < -0.39 is 5.97 Å². The summed E-state index contributed by atoms with van der Waals surface area (Å²) in [5.41, 5.74) is 3.19. The summed E-state index contributed by atoms with van der Waals surface area (Å²) in [6.45, 7) is 2.13. The quantitative estimate of drug-likeness (QED) is 0.433. The van der Waals surface area contributed by atoms with Gasteiger partial charge in [-0.2, -0.15) is 0 Å². The Balaban J connectivity index is 2.14. The fourth-order valence-corrected chi connectivity index (χ4v) is 3.94. The van der Waals surface area contributed by atoms with Gasteiger partial charge in [0.15, 0.2) is 0 Å². The maximum absolute atomic E-state index is 12.4. The van der Waals surface area contributed by atoms with Crippen LogP contribution in [0.2, 0.25) is 0 Å². The first kappa shape index (κ1) is 17.3. The summed E-state index contributed by atoms with van der Waals surface area (Å²) in [7, 11) is 0. The molecule has 2 heteroatoms. The number of aryl methyl sites for hydroxylation is 1. The average molecular weight is 354 g/mol. The second-order valence-electron chi connectivity index (χ2n) is 6.94. The lowest BCUT2D eigenvalue weighted by Gasteiger charge is -2.17. The van der Waals surface area contributed by atoms with Crippen LogP contribution >= 0.6 is 0 Å². The Hall–Kier alpha value is -3.13. The van der Waals surface area contributed by atoms with Crippen molar-refractivity contribution in [3.05, 3.63) is 83.9 Å². The lowest BCUT2D eigenvalue weighted by atomic mass is 9.86. The highest BCUT2D eigenvalue weighted by atomic mass is 16.4. The van der Waals surface area contributed by atoms with E-state index in [9.17, 15) is 9.90 Å². The van der Waals surface area contributed by atoms with Gasteiger partial charge in [0, 0.05) is 5.56 Å². The van der Waals surface area contributed by atoms with E-state index in [1.54, 1.807) is 0 Å². The number of aromatic carboxylic acids is 1. The lowest BCUT2D eigenvalue weighted by molar-refractivity contribution is 0.0696. The smallest absolute Gasteiger partial charge is 0.336 e. The standard InChI is InChI=1S/C25H22O2/c1-2-3-9-19-16-18-11-5-7-14-21(18)24(23(19)25(26)27)22-15-8-12-17-10-4-6-13-20(17)22/h4-8,10-16H,2-3,9H2,1H3,(H,26,27). The molecule has 2 nitrogen and oxygen atoms in total. The molecule has 4 rings (SSSR count). The van der Waals surface area contributed by atoms with Crippen LogP contribution in [0.1, 0.15) is 35.7 Å². The number of carbonyl (C=O) groups is 1. The molecule has 0 amide bonds. The Labute approximate surface area is 159 Å². The van der Waals surface area contributed by atoms with Crippen LogP contribution in [0.4, 0.5) is 0 Å². The first-order chi connectivity index (χ1) is 13.2. The Morgan fingerprint density at radius 3 is 2.26 bits per heavy atom. The molecule has 0 radical (unpaired) electrons. The van der Waals surface area contributed by atoms with Gasteiger partial charge in [-0.05, 0) is 45.5 Å². The Morgan fingerprint density at radius 1 is 0.852 bits per heavy atom. The molecule has 0 aliphatic heterocycles. The topological polar surface area (TPSA) is 37.3 Å². The van der Waals surface area contributed by atoms with Crippen LogP contribution in [0.25, 0.3) is 32.7 Å². The van der Waals surface area contributed by atoms with Crippen LogP contribution in [0.3, 0.4) is 0 Å². The Bertz CT molecular complexity index is 1140. The summed E-state index contributed by atoms with van der Waals surface area (Å²) in [6, 6.07) is 24.4. The first-order valence-electron chi connectivity index (χ1n) is 9.46. The number of rotatable bonds is 5. The van der Waals surface area contributed by atoms with Crippen molar-refractivity contribution in [2.45, 2.75) is 26.2 Å². The molecule has 0 aromatic heterocycles. The molecule has 0 aliphatic rings. The highest BCUT2D eigenvalue weighted by Gasteiger charge is 2.21. The highest BCUT2D eigenvalue weighted by Crippen LogP contribution is 2.38. The molecule has 0 spiro atoms. The van der Waals surface area contributed by atoms with Crippen LogP contribution in [0, 0.1) is 0 Å². The van der Waals surface area contributed by atoms with Crippen LogP contribution < -0.4 is 0 Å². The minimum atomic E-state index is -0.852. The maximum Gasteiger partial charge on any atom is 0.336 e. The largest absolute Gasteiger partial charge is 0.478 e. The molecule has 0 bridgehead atoms. The summed E-state index contributed by atoms with van der Waals surface area (Å²) >= 11 is 0. The summed E-state index contributed by atoms with van der Waals surface area (Å²) in [5, 5.41) is 14.4. The van der Waals surface area contributed by atoms with Crippen molar-refractivity contribution in [2.24, 2.45) is 0 Å². The van der Waals surface area contributed by atoms with E-state index in [4.69, 9.17) is 0 Å². The maximum atomic E-state index is 12.4. The van der Waals surface area contributed by atoms with Gasteiger partial charge in [-0.15, -0.1) is 0 Å². The minimum absolute atomic E-state index is 0.443. The molecule has 4 aromatic rings. The zero-order valence-electron chi connectivity index (χ0n) is 15.4. The van der Waals surface area contributed by atoms with E-state index in [0.717, 1.165) is 57.5 Å². The number of hydrogen-bond acceptors (Lipinski definition) is 1. The van der Waals surface area contributed by atoms with Gasteiger partial charge in [-0.3, -0.25) is 0 Å². The third-order valence-corrected chi connectivity index (χ3v) is 5.20. The first-order valence-corrected chi connectivity index (χ1v) is 9.46. The molecule has 134 valence electrons. The molecule has 0 unspecified atom stereocenters. The van der Waals surface area contributed by atoms with Gasteiger partial charge in [0.25, 0.3) is 0 Å². The zero-order valence-corrected chi connectivity index (χ0v) is 15.4. The molecule has 1 N–H and O–H groups in total. The highest BCUT2D eigenvalue weighted by molar-refractivity contribution is 6.13. The van der Waals surface area contributed by atoms with Crippen molar-refractivity contribution in [3.8, 4) is 11.1 Å². The monoisotopic (exact) mass is 354 g/mol. The molecule has 0 saturated heterocycles. The summed E-state index contributed by atoms with van der Waals surface area (Å²) in [6.07, 6.45) is 2.80. The molecule has 0 atom stereocenters. The van der Waals surface area contributed by atoms with E-state index in [1.807, 2.05) is 42.5 Å². The second-order valence-corrected chi connectivity index (χ2v) is 6.94. The third kappa shape index (κ3) is 3.08. The predicted molar refractivity (Wildman–Crippen MR) is 112 cm³/mol. The number of unbranched alkanes of at least 4 members (excludes halogenated alkanes) is 1. The van der Waals surface area contributed by atoms with E-state index >= 15 is 0 Å². The van der Waals surface area contributed by atoms with Crippen molar-refractivity contribution in [3.63, 3.8) is 0 Å². The van der Waals surface area contributed by atoms with Gasteiger partial charge >= 0.3 is 5.97 Å². The molecule has 0 aliphatic carbocycles. The van der Waals surface area contributed by atoms with E-state index in [2.05, 4.69) is 37.3 Å². The SMILES string of the molecule is CCCCc1cc2ccccc2c(-c2cccc3ccccc23)c1C(=O)O. The molecule has 0 saturated carbocycles. The third-order valence-electron chi connectivity index (χ3n) is 5.20. The average Bonchev–Trinajstić information content (AvgIpc) is 2.70. The molecular weight excluding hydrogens is 332 g/mol. The van der Waals surface area contributed by atoms with Gasteiger partial charge in [-0.25, -0.2) is 4.79 Å². The molecular formula is C25H22O2. The lowest BCUT2D eigenvalue weighted by Crippen LogP contribution is -2.06. The molecule has 27 heavy (non-hydrogen) atoms. The van der Waals surface area contributed by atoms with Crippen LogP contribution in [0.15, 0.2) is 72.8 Å². The van der Waals surface area contributed by atoms with E-state index in [1.165, 1.54) is 0 Å². The minimum Gasteiger partial charge on any atom is -0.478 e. The number of carboxylic acid groups (broad SMARTS) is 1. The van der Waals surface area contributed by atoms with Crippen molar-refractivity contribution < 1.29 is 9.90 Å². The van der Waals surface area contributed by atoms with Crippen LogP contribution in [0.5, 0.6) is 0 Å². The van der Waals surface area contributed by atoms with Gasteiger partial charge in [0.05, 0.1) is 5.56 Å². The molecule has 0 heterocycles. The van der Waals surface area contributed by atoms with Crippen LogP contribution in [-0.4, -0.2) is 11.1 Å². The Kier molecular flexibility index (Phi) is 4.64. The van der Waals surface area contributed by atoms with Gasteiger partial charge in [0.1, 0.15) is 0 Å². The fourth-order valence-electron chi connectivity index (χ4n) is 3.94. The predicted octanol–water partition coefficient (Wildman–Crippen LogP) is 6.70. The number of hydrogen-bond donors (Lipinski definition) is 1. The van der Waals surface area contributed by atoms with Gasteiger partial charge < -0.3 is 5.11 Å². The summed E-state index contributed by atoms with van der Waals surface area (Å²) in [5.74, 6) is -0.852. The number of fused-ring (bicyclic) bond motifs is 2. The number of benzene rings is 4. The Morgan fingerprint density at radius 2 is 1.52 bits per heavy atom. The normalized spacial score (nSPS) is 11.1. The number of carboxylic acids is 1. The van der Waals surface area contributed by atoms with E-state index in [0.29, 0.717) is 5.56 Å². The second kappa shape index (κ2) is 7.24.